The molecule has 1 amide bonds. The van der Waals surface area contributed by atoms with E-state index in [1.165, 1.54) is 6.07 Å². The second-order valence-electron chi connectivity index (χ2n) is 8.75. The van der Waals surface area contributed by atoms with Crippen molar-refractivity contribution in [2.45, 2.75) is 23.4 Å². The van der Waals surface area contributed by atoms with E-state index in [0.29, 0.717) is 45.6 Å². The van der Waals surface area contributed by atoms with Crippen LogP contribution in [0.3, 0.4) is 0 Å². The zero-order valence-electron chi connectivity index (χ0n) is 18.4. The monoisotopic (exact) mass is 475 g/mol. The van der Waals surface area contributed by atoms with Gasteiger partial charge in [0.15, 0.2) is 0 Å². The van der Waals surface area contributed by atoms with Gasteiger partial charge in [0, 0.05) is 72.1 Å². The summed E-state index contributed by atoms with van der Waals surface area (Å²) in [5.41, 5.74) is 2.27. The van der Waals surface area contributed by atoms with Crippen LogP contribution in [0.4, 0.5) is 4.39 Å². The summed E-state index contributed by atoms with van der Waals surface area (Å²) in [4.78, 5) is 24.8. The maximum absolute atomic E-state index is 14.2. The second kappa shape index (κ2) is 8.11. The summed E-state index contributed by atoms with van der Waals surface area (Å²) in [6.45, 7) is 1.55. The largest absolute Gasteiger partial charge is 0.333 e. The smallest absolute Gasteiger partial charge is 0.254 e. The molecule has 0 radical (unpaired) electrons. The van der Waals surface area contributed by atoms with E-state index in [4.69, 9.17) is 0 Å². The van der Waals surface area contributed by atoms with Crippen molar-refractivity contribution in [3.8, 4) is 17.1 Å². The van der Waals surface area contributed by atoms with Crippen molar-refractivity contribution in [2.24, 2.45) is 0 Å². The van der Waals surface area contributed by atoms with Crippen LogP contribution < -0.4 is 5.32 Å². The molecule has 2 aromatic heterocycles. The molecule has 172 valence electrons. The quantitative estimate of drug-likeness (QED) is 0.491. The zero-order chi connectivity index (χ0) is 23.4. The standard InChI is InChI=1S/C25H22FN5O2S/c1-34(33)23-14-31(25-28-10-16(11-29-25)19-4-2-3-5-21(19)26)22-8-15(6-7-20(22)23)24(32)30-13-17-9-18(30)12-27-17/h2-8,10-11,14,17-18,27H,9,12-13H2,1H3. The first kappa shape index (κ1) is 21.1. The Morgan fingerprint density at radius 1 is 1.18 bits per heavy atom. The first-order valence-electron chi connectivity index (χ1n) is 11.1. The number of rotatable bonds is 4. The van der Waals surface area contributed by atoms with Gasteiger partial charge in [-0.2, -0.15) is 0 Å². The molecule has 0 spiro atoms. The van der Waals surface area contributed by atoms with Crippen LogP contribution in [0.2, 0.25) is 0 Å². The van der Waals surface area contributed by atoms with Crippen LogP contribution in [0, 0.1) is 5.82 Å². The van der Waals surface area contributed by atoms with E-state index in [2.05, 4.69) is 15.3 Å². The van der Waals surface area contributed by atoms with E-state index < -0.39 is 10.8 Å². The van der Waals surface area contributed by atoms with Crippen LogP contribution in [-0.2, 0) is 10.8 Å². The summed E-state index contributed by atoms with van der Waals surface area (Å²) in [6.07, 6.45) is 7.49. The molecule has 6 rings (SSSR count). The van der Waals surface area contributed by atoms with Crippen molar-refractivity contribution in [1.29, 1.82) is 0 Å². The molecule has 3 atom stereocenters. The fourth-order valence-electron chi connectivity index (χ4n) is 4.98. The highest BCUT2D eigenvalue weighted by Gasteiger charge is 2.40. The molecule has 1 N–H and O–H groups in total. The number of hydrogen-bond donors (Lipinski definition) is 1. The van der Waals surface area contributed by atoms with Gasteiger partial charge >= 0.3 is 0 Å². The first-order chi connectivity index (χ1) is 16.5. The summed E-state index contributed by atoms with van der Waals surface area (Å²) in [7, 11) is -1.24. The Bertz CT molecular complexity index is 1450. The van der Waals surface area contributed by atoms with Gasteiger partial charge in [-0.1, -0.05) is 24.3 Å². The van der Waals surface area contributed by atoms with Gasteiger partial charge in [-0.15, -0.1) is 0 Å². The molecule has 2 aliphatic heterocycles. The highest BCUT2D eigenvalue weighted by molar-refractivity contribution is 7.84. The van der Waals surface area contributed by atoms with Crippen molar-refractivity contribution < 1.29 is 13.4 Å². The molecule has 7 nitrogen and oxygen atoms in total. The molecule has 3 unspecified atom stereocenters. The lowest BCUT2D eigenvalue weighted by Crippen LogP contribution is -2.46. The minimum absolute atomic E-state index is 0.00126. The van der Waals surface area contributed by atoms with Crippen LogP contribution in [0.1, 0.15) is 16.8 Å². The number of likely N-dealkylation sites (tertiary alicyclic amines) is 1. The maximum Gasteiger partial charge on any atom is 0.254 e. The van der Waals surface area contributed by atoms with E-state index >= 15 is 0 Å². The number of carbonyl (C=O) groups excluding carboxylic acids is 1. The molecule has 4 aromatic rings. The minimum Gasteiger partial charge on any atom is -0.333 e. The number of nitrogens with zero attached hydrogens (tertiary/aromatic N) is 4. The SMILES string of the molecule is CS(=O)c1cn(-c2ncc(-c3ccccc3F)cn2)c2cc(C(=O)N3CC4CC3CN4)ccc12. The van der Waals surface area contributed by atoms with Crippen LogP contribution in [0.15, 0.2) is 66.0 Å². The van der Waals surface area contributed by atoms with E-state index in [0.717, 1.165) is 18.4 Å². The average molecular weight is 476 g/mol. The molecule has 2 fully saturated rings. The lowest BCUT2D eigenvalue weighted by atomic mass is 10.1. The van der Waals surface area contributed by atoms with E-state index in [9.17, 15) is 13.4 Å². The Labute approximate surface area is 198 Å². The molecular weight excluding hydrogens is 453 g/mol. The number of amides is 1. The van der Waals surface area contributed by atoms with Gasteiger partial charge in [0.1, 0.15) is 5.82 Å². The predicted octanol–water partition coefficient (Wildman–Crippen LogP) is 3.15. The fourth-order valence-corrected chi connectivity index (χ4v) is 5.71. The van der Waals surface area contributed by atoms with Crippen LogP contribution in [0.25, 0.3) is 28.0 Å². The van der Waals surface area contributed by atoms with Gasteiger partial charge in [-0.3, -0.25) is 13.6 Å². The maximum atomic E-state index is 14.2. The Balaban J connectivity index is 1.41. The number of hydrogen-bond acceptors (Lipinski definition) is 5. The number of nitrogens with one attached hydrogen (secondary N) is 1. The third-order valence-electron chi connectivity index (χ3n) is 6.68. The zero-order valence-corrected chi connectivity index (χ0v) is 19.3. The highest BCUT2D eigenvalue weighted by atomic mass is 32.2. The lowest BCUT2D eigenvalue weighted by Gasteiger charge is -2.27. The molecule has 34 heavy (non-hydrogen) atoms. The van der Waals surface area contributed by atoms with Crippen molar-refractivity contribution in [1.82, 2.24) is 24.8 Å². The van der Waals surface area contributed by atoms with Crippen LogP contribution >= 0.6 is 0 Å². The Morgan fingerprint density at radius 3 is 2.65 bits per heavy atom. The summed E-state index contributed by atoms with van der Waals surface area (Å²) in [6, 6.07) is 12.5. The third kappa shape index (κ3) is 3.43. The molecule has 0 saturated carbocycles. The minimum atomic E-state index is -1.24. The van der Waals surface area contributed by atoms with Gasteiger partial charge in [0.2, 0.25) is 5.95 Å². The van der Waals surface area contributed by atoms with E-state index in [1.54, 1.807) is 53.7 Å². The summed E-state index contributed by atoms with van der Waals surface area (Å²) in [5.74, 6) is 0.0114. The van der Waals surface area contributed by atoms with Crippen molar-refractivity contribution in [2.75, 3.05) is 19.3 Å². The predicted molar refractivity (Wildman–Crippen MR) is 128 cm³/mol. The molecular formula is C25H22FN5O2S. The molecule has 9 heteroatoms. The van der Waals surface area contributed by atoms with Gasteiger partial charge in [0.05, 0.1) is 21.2 Å². The molecule has 2 saturated heterocycles. The Kier molecular flexibility index (Phi) is 5.04. The first-order valence-corrected chi connectivity index (χ1v) is 12.7. The normalized spacial score (nSPS) is 20.2. The number of aromatic nitrogens is 3. The van der Waals surface area contributed by atoms with E-state index in [1.807, 2.05) is 17.0 Å². The summed E-state index contributed by atoms with van der Waals surface area (Å²) < 4.78 is 28.3. The summed E-state index contributed by atoms with van der Waals surface area (Å²) >= 11 is 0. The number of piperazine rings is 1. The van der Waals surface area contributed by atoms with Gasteiger partial charge in [0.25, 0.3) is 5.91 Å². The van der Waals surface area contributed by atoms with Crippen LogP contribution in [0.5, 0.6) is 0 Å². The lowest BCUT2D eigenvalue weighted by molar-refractivity contribution is 0.0716. The second-order valence-corrected chi connectivity index (χ2v) is 10.1. The number of halogens is 1. The van der Waals surface area contributed by atoms with E-state index in [-0.39, 0.29) is 17.8 Å². The molecule has 2 bridgehead atoms. The van der Waals surface area contributed by atoms with Crippen molar-refractivity contribution in [3.05, 3.63) is 72.4 Å². The van der Waals surface area contributed by atoms with Gasteiger partial charge in [-0.25, -0.2) is 14.4 Å². The summed E-state index contributed by atoms with van der Waals surface area (Å²) in [5, 5.41) is 4.20. The molecule has 2 aliphatic rings. The van der Waals surface area contributed by atoms with Crippen LogP contribution in [-0.4, -0.2) is 61.0 Å². The van der Waals surface area contributed by atoms with Crippen molar-refractivity contribution in [3.63, 3.8) is 0 Å². The third-order valence-corrected chi connectivity index (χ3v) is 7.63. The fraction of sp³-hybridized carbons (Fsp3) is 0.240. The van der Waals surface area contributed by atoms with Gasteiger partial charge < -0.3 is 10.2 Å². The number of benzene rings is 2. The Hall–Kier alpha value is -3.43. The molecule has 4 heterocycles. The van der Waals surface area contributed by atoms with Crippen molar-refractivity contribution >= 4 is 27.6 Å². The molecule has 2 aromatic carbocycles. The van der Waals surface area contributed by atoms with Gasteiger partial charge in [-0.05, 0) is 24.6 Å². The molecule has 0 aliphatic carbocycles. The number of fused-ring (bicyclic) bond motifs is 3. The topological polar surface area (TPSA) is 80.1 Å². The number of carbonyl (C=O) groups is 1. The highest BCUT2D eigenvalue weighted by Crippen LogP contribution is 2.30. The Morgan fingerprint density at radius 2 is 1.97 bits per heavy atom. The average Bonchev–Trinajstić information content (AvgIpc) is 3.58.